The Kier molecular flexibility index (Phi) is 8.32. The van der Waals surface area contributed by atoms with Crippen molar-refractivity contribution in [3.63, 3.8) is 0 Å². The second-order valence-corrected chi connectivity index (χ2v) is 5.79. The fourth-order valence-corrected chi connectivity index (χ4v) is 2.44. The maximum Gasteiger partial charge on any atom is 0.192 e. The van der Waals surface area contributed by atoms with Crippen LogP contribution in [-0.4, -0.2) is 31.2 Å². The third-order valence-corrected chi connectivity index (χ3v) is 3.81. The second kappa shape index (κ2) is 10.8. The number of rotatable bonds is 11. The van der Waals surface area contributed by atoms with Gasteiger partial charge in [-0.2, -0.15) is 0 Å². The Morgan fingerprint density at radius 3 is 2.00 bits per heavy atom. The molecule has 134 valence electrons. The van der Waals surface area contributed by atoms with Crippen LogP contribution in [0, 0.1) is 0 Å². The number of carbonyl (C=O) groups is 1. The lowest BCUT2D eigenvalue weighted by atomic mass is 10.1. The Labute approximate surface area is 149 Å². The predicted octanol–water partition coefficient (Wildman–Crippen LogP) is 3.78. The largest absolute Gasteiger partial charge is 0.374 e. The zero-order chi connectivity index (χ0) is 17.9. The second-order valence-electron chi connectivity index (χ2n) is 5.79. The van der Waals surface area contributed by atoms with Gasteiger partial charge in [-0.05, 0) is 25.0 Å². The van der Waals surface area contributed by atoms with E-state index < -0.39 is 12.2 Å². The van der Waals surface area contributed by atoms with E-state index in [2.05, 4.69) is 0 Å². The van der Waals surface area contributed by atoms with Crippen molar-refractivity contribution in [2.45, 2.75) is 39.3 Å². The zero-order valence-electron chi connectivity index (χ0n) is 14.9. The number of hydrogen-bond donors (Lipinski definition) is 0. The van der Waals surface area contributed by atoms with Crippen LogP contribution in [0.15, 0.2) is 60.7 Å². The molecule has 2 aromatic carbocycles. The number of ketones is 1. The Balaban J connectivity index is 1.92. The Hall–Kier alpha value is -2.01. The molecule has 1 unspecified atom stereocenters. The van der Waals surface area contributed by atoms with Crippen LogP contribution in [0.25, 0.3) is 0 Å². The molecule has 0 aliphatic carbocycles. The molecule has 2 atom stereocenters. The smallest absolute Gasteiger partial charge is 0.192 e. The first kappa shape index (κ1) is 19.3. The van der Waals surface area contributed by atoms with Crippen LogP contribution < -0.4 is 0 Å². The van der Waals surface area contributed by atoms with Gasteiger partial charge in [0, 0.05) is 6.61 Å². The fraction of sp³-hybridized carbons (Fsp3) is 0.381. The van der Waals surface area contributed by atoms with Gasteiger partial charge in [-0.3, -0.25) is 4.79 Å². The Bertz CT molecular complexity index is 612. The summed E-state index contributed by atoms with van der Waals surface area (Å²) in [5.74, 6) is -0.0918. The van der Waals surface area contributed by atoms with Crippen LogP contribution in [-0.2, 0) is 32.2 Å². The molecule has 0 radical (unpaired) electrons. The Morgan fingerprint density at radius 1 is 0.880 bits per heavy atom. The van der Waals surface area contributed by atoms with E-state index in [0.717, 1.165) is 11.1 Å². The van der Waals surface area contributed by atoms with Crippen molar-refractivity contribution in [3.05, 3.63) is 71.8 Å². The highest BCUT2D eigenvalue weighted by molar-refractivity contribution is 5.87. The number of carbonyl (C=O) groups excluding carboxylic acids is 1. The van der Waals surface area contributed by atoms with Gasteiger partial charge in [0.25, 0.3) is 0 Å². The van der Waals surface area contributed by atoms with Crippen molar-refractivity contribution in [2.24, 2.45) is 0 Å². The van der Waals surface area contributed by atoms with Crippen molar-refractivity contribution in [1.82, 2.24) is 0 Å². The molecular weight excluding hydrogens is 316 g/mol. The number of Topliss-reactive ketones (excluding diaryl/α,β-unsaturated/α-hetero) is 1. The normalized spacial score (nSPS) is 13.4. The molecule has 0 saturated carbocycles. The summed E-state index contributed by atoms with van der Waals surface area (Å²) in [5.41, 5.74) is 2.09. The van der Waals surface area contributed by atoms with Gasteiger partial charge >= 0.3 is 0 Å². The lowest BCUT2D eigenvalue weighted by Crippen LogP contribution is -2.37. The SMILES string of the molecule is CCOC(C)C(=O)[C@@H](COCc1ccccc1)OCc1ccccc1. The average Bonchev–Trinajstić information content (AvgIpc) is 2.66. The van der Waals surface area contributed by atoms with Gasteiger partial charge in [0.1, 0.15) is 12.2 Å². The van der Waals surface area contributed by atoms with E-state index in [1.54, 1.807) is 6.92 Å². The third kappa shape index (κ3) is 6.78. The van der Waals surface area contributed by atoms with E-state index in [0.29, 0.717) is 19.8 Å². The topological polar surface area (TPSA) is 44.8 Å². The Morgan fingerprint density at radius 2 is 1.44 bits per heavy atom. The van der Waals surface area contributed by atoms with Crippen LogP contribution in [0.1, 0.15) is 25.0 Å². The fourth-order valence-electron chi connectivity index (χ4n) is 2.44. The molecule has 0 N–H and O–H groups in total. The molecule has 0 spiro atoms. The summed E-state index contributed by atoms with van der Waals surface area (Å²) in [7, 11) is 0. The maximum absolute atomic E-state index is 12.6. The molecule has 2 rings (SSSR count). The molecule has 0 heterocycles. The first-order valence-corrected chi connectivity index (χ1v) is 8.63. The van der Waals surface area contributed by atoms with Gasteiger partial charge < -0.3 is 14.2 Å². The summed E-state index contributed by atoms with van der Waals surface area (Å²) < 4.78 is 17.0. The first-order chi connectivity index (χ1) is 12.2. The molecule has 0 fully saturated rings. The molecule has 0 aromatic heterocycles. The van der Waals surface area contributed by atoms with Crippen LogP contribution in [0.2, 0.25) is 0 Å². The standard InChI is InChI=1S/C21H26O4/c1-3-24-17(2)21(22)20(25-15-19-12-8-5-9-13-19)16-23-14-18-10-6-4-7-11-18/h4-13,17,20H,3,14-16H2,1-2H3/t17?,20-/m1/s1. The minimum atomic E-state index is -0.648. The highest BCUT2D eigenvalue weighted by Crippen LogP contribution is 2.10. The monoisotopic (exact) mass is 342 g/mol. The summed E-state index contributed by atoms with van der Waals surface area (Å²) in [6, 6.07) is 19.7. The molecule has 25 heavy (non-hydrogen) atoms. The van der Waals surface area contributed by atoms with Gasteiger partial charge in [0.15, 0.2) is 5.78 Å². The van der Waals surface area contributed by atoms with Crippen molar-refractivity contribution in [1.29, 1.82) is 0 Å². The number of hydrogen-bond acceptors (Lipinski definition) is 4. The summed E-state index contributed by atoms with van der Waals surface area (Å²) in [6.07, 6.45) is -1.16. The zero-order valence-corrected chi connectivity index (χ0v) is 14.9. The lowest BCUT2D eigenvalue weighted by Gasteiger charge is -2.20. The first-order valence-electron chi connectivity index (χ1n) is 8.63. The molecule has 0 saturated heterocycles. The quantitative estimate of drug-likeness (QED) is 0.623. The van der Waals surface area contributed by atoms with Crippen molar-refractivity contribution >= 4 is 5.78 Å². The van der Waals surface area contributed by atoms with Gasteiger partial charge in [-0.1, -0.05) is 60.7 Å². The van der Waals surface area contributed by atoms with E-state index >= 15 is 0 Å². The van der Waals surface area contributed by atoms with E-state index in [-0.39, 0.29) is 12.4 Å². The van der Waals surface area contributed by atoms with Crippen LogP contribution >= 0.6 is 0 Å². The molecule has 2 aromatic rings. The van der Waals surface area contributed by atoms with E-state index in [1.165, 1.54) is 0 Å². The molecule has 0 aliphatic rings. The lowest BCUT2D eigenvalue weighted by molar-refractivity contribution is -0.146. The number of benzene rings is 2. The summed E-state index contributed by atoms with van der Waals surface area (Å²) in [4.78, 5) is 12.6. The molecule has 0 aliphatic heterocycles. The highest BCUT2D eigenvalue weighted by atomic mass is 16.5. The van der Waals surface area contributed by atoms with Gasteiger partial charge in [0.05, 0.1) is 19.8 Å². The predicted molar refractivity (Wildman–Crippen MR) is 97.2 cm³/mol. The van der Waals surface area contributed by atoms with Crippen molar-refractivity contribution in [3.8, 4) is 0 Å². The molecule has 4 heteroatoms. The van der Waals surface area contributed by atoms with Crippen LogP contribution in [0.3, 0.4) is 0 Å². The van der Waals surface area contributed by atoms with Gasteiger partial charge in [-0.15, -0.1) is 0 Å². The summed E-state index contributed by atoms with van der Waals surface area (Å²) in [5, 5.41) is 0. The van der Waals surface area contributed by atoms with Crippen LogP contribution in [0.4, 0.5) is 0 Å². The average molecular weight is 342 g/mol. The molecular formula is C21H26O4. The van der Waals surface area contributed by atoms with Gasteiger partial charge in [-0.25, -0.2) is 0 Å². The molecule has 4 nitrogen and oxygen atoms in total. The van der Waals surface area contributed by atoms with E-state index in [1.807, 2.05) is 67.6 Å². The molecule has 0 amide bonds. The molecule has 0 bridgehead atoms. The summed E-state index contributed by atoms with van der Waals surface area (Å²) >= 11 is 0. The van der Waals surface area contributed by atoms with Crippen LogP contribution in [0.5, 0.6) is 0 Å². The third-order valence-electron chi connectivity index (χ3n) is 3.81. The van der Waals surface area contributed by atoms with E-state index in [4.69, 9.17) is 14.2 Å². The van der Waals surface area contributed by atoms with Crippen molar-refractivity contribution in [2.75, 3.05) is 13.2 Å². The minimum absolute atomic E-state index is 0.0918. The maximum atomic E-state index is 12.6. The summed E-state index contributed by atoms with van der Waals surface area (Å²) in [6.45, 7) is 5.13. The van der Waals surface area contributed by atoms with E-state index in [9.17, 15) is 4.79 Å². The highest BCUT2D eigenvalue weighted by Gasteiger charge is 2.25. The number of ether oxygens (including phenoxy) is 3. The van der Waals surface area contributed by atoms with Gasteiger partial charge in [0.2, 0.25) is 0 Å². The minimum Gasteiger partial charge on any atom is -0.374 e. The van der Waals surface area contributed by atoms with Crippen molar-refractivity contribution < 1.29 is 19.0 Å².